The zero-order valence-electron chi connectivity index (χ0n) is 12.4. The summed E-state index contributed by atoms with van der Waals surface area (Å²) < 4.78 is 14.5. The van der Waals surface area contributed by atoms with Crippen LogP contribution >= 0.6 is 23.2 Å². The largest absolute Gasteiger partial charge is 0.254 e. The second-order valence-electron chi connectivity index (χ2n) is 5.57. The molecule has 0 radical (unpaired) electrons. The van der Waals surface area contributed by atoms with Crippen LogP contribution < -0.4 is 0 Å². The van der Waals surface area contributed by atoms with Crippen molar-refractivity contribution in [3.05, 3.63) is 40.0 Å². The van der Waals surface area contributed by atoms with Gasteiger partial charge in [0.2, 0.25) is 5.28 Å². The Balaban J connectivity index is 2.24. The summed E-state index contributed by atoms with van der Waals surface area (Å²) in [7, 11) is 0. The van der Waals surface area contributed by atoms with E-state index in [9.17, 15) is 4.39 Å². The number of hydrogen-bond acceptors (Lipinski definition) is 3. The molecule has 0 unspecified atom stereocenters. The maximum atomic E-state index is 14.5. The highest BCUT2D eigenvalue weighted by Gasteiger charge is 2.37. The van der Waals surface area contributed by atoms with E-state index >= 15 is 0 Å². The summed E-state index contributed by atoms with van der Waals surface area (Å²) in [5.74, 6) is -0.380. The van der Waals surface area contributed by atoms with E-state index in [0.717, 1.165) is 17.7 Å². The highest BCUT2D eigenvalue weighted by Crippen LogP contribution is 2.45. The molecule has 2 heterocycles. The zero-order chi connectivity index (χ0) is 16.1. The van der Waals surface area contributed by atoms with Gasteiger partial charge < -0.3 is 0 Å². The van der Waals surface area contributed by atoms with Gasteiger partial charge in [-0.15, -0.1) is 0 Å². The molecule has 0 aliphatic carbocycles. The van der Waals surface area contributed by atoms with Crippen molar-refractivity contribution in [1.29, 1.82) is 0 Å². The standard InChI is InChI=1S/C16H14Cl2FN3/c1-4-16(3)8(2)21-14-10(16)5-9(6-12(14)19)13-11(17)7-20-15(18)22-13/h5-7H,4H2,1-3H3/t16-/m0/s1. The van der Waals surface area contributed by atoms with Crippen LogP contribution in [0.25, 0.3) is 11.3 Å². The number of aromatic nitrogens is 2. The van der Waals surface area contributed by atoms with Crippen LogP contribution in [0.2, 0.25) is 10.3 Å². The number of benzene rings is 1. The van der Waals surface area contributed by atoms with E-state index in [0.29, 0.717) is 22.0 Å². The van der Waals surface area contributed by atoms with Gasteiger partial charge in [0.1, 0.15) is 11.5 Å². The second-order valence-corrected chi connectivity index (χ2v) is 6.32. The van der Waals surface area contributed by atoms with Crippen molar-refractivity contribution in [1.82, 2.24) is 9.97 Å². The minimum Gasteiger partial charge on any atom is -0.254 e. The molecule has 3 rings (SSSR count). The molecule has 6 heteroatoms. The molecule has 0 bridgehead atoms. The van der Waals surface area contributed by atoms with Crippen LogP contribution in [0.5, 0.6) is 0 Å². The first-order valence-electron chi connectivity index (χ1n) is 6.95. The summed E-state index contributed by atoms with van der Waals surface area (Å²) in [4.78, 5) is 12.3. The molecule has 1 aromatic carbocycles. The van der Waals surface area contributed by atoms with Crippen LogP contribution in [0, 0.1) is 5.82 Å². The molecular weight excluding hydrogens is 324 g/mol. The van der Waals surface area contributed by atoms with Crippen molar-refractivity contribution < 1.29 is 4.39 Å². The fourth-order valence-electron chi connectivity index (χ4n) is 2.75. The van der Waals surface area contributed by atoms with Gasteiger partial charge in [-0.05, 0) is 42.6 Å². The van der Waals surface area contributed by atoms with Crippen LogP contribution in [0.3, 0.4) is 0 Å². The van der Waals surface area contributed by atoms with Crippen molar-refractivity contribution >= 4 is 34.6 Å². The minimum atomic E-state index is -0.380. The molecule has 3 nitrogen and oxygen atoms in total. The van der Waals surface area contributed by atoms with Crippen molar-refractivity contribution in [2.75, 3.05) is 0 Å². The molecule has 0 fully saturated rings. The maximum absolute atomic E-state index is 14.5. The Kier molecular flexibility index (Phi) is 3.69. The molecule has 1 atom stereocenters. The lowest BCUT2D eigenvalue weighted by molar-refractivity contribution is 0.607. The van der Waals surface area contributed by atoms with Gasteiger partial charge >= 0.3 is 0 Å². The Morgan fingerprint density at radius 1 is 1.27 bits per heavy atom. The van der Waals surface area contributed by atoms with Crippen molar-refractivity contribution in [2.45, 2.75) is 32.6 Å². The maximum Gasteiger partial charge on any atom is 0.222 e. The quantitative estimate of drug-likeness (QED) is 0.691. The smallest absolute Gasteiger partial charge is 0.222 e. The van der Waals surface area contributed by atoms with E-state index in [-0.39, 0.29) is 16.5 Å². The minimum absolute atomic E-state index is 0.0750. The third kappa shape index (κ3) is 2.22. The summed E-state index contributed by atoms with van der Waals surface area (Å²) >= 11 is 12.0. The summed E-state index contributed by atoms with van der Waals surface area (Å²) in [5.41, 5.74) is 2.89. The Morgan fingerprint density at radius 2 is 2.00 bits per heavy atom. The molecule has 2 aromatic rings. The highest BCUT2D eigenvalue weighted by molar-refractivity contribution is 6.33. The van der Waals surface area contributed by atoms with Crippen molar-refractivity contribution in [3.63, 3.8) is 0 Å². The Bertz CT molecular complexity index is 804. The molecule has 0 saturated carbocycles. The SMILES string of the molecule is CC[C@@]1(C)C(C)=Nc2c(F)cc(-c3nc(Cl)ncc3Cl)cc21. The summed E-state index contributed by atoms with van der Waals surface area (Å²) in [6.07, 6.45) is 2.24. The monoisotopic (exact) mass is 337 g/mol. The first-order chi connectivity index (χ1) is 10.4. The predicted molar refractivity (Wildman–Crippen MR) is 87.9 cm³/mol. The molecule has 114 valence electrons. The van der Waals surface area contributed by atoms with Crippen molar-refractivity contribution in [3.8, 4) is 11.3 Å². The topological polar surface area (TPSA) is 38.1 Å². The third-order valence-corrected chi connectivity index (χ3v) is 4.89. The molecule has 0 spiro atoms. The van der Waals surface area contributed by atoms with Crippen LogP contribution in [0.15, 0.2) is 23.3 Å². The number of hydrogen-bond donors (Lipinski definition) is 0. The van der Waals surface area contributed by atoms with E-state index in [4.69, 9.17) is 23.2 Å². The predicted octanol–water partition coefficient (Wildman–Crippen LogP) is 5.36. The van der Waals surface area contributed by atoms with E-state index in [1.165, 1.54) is 12.3 Å². The van der Waals surface area contributed by atoms with Gasteiger partial charge in [-0.2, -0.15) is 0 Å². The molecule has 1 aliphatic heterocycles. The fourth-order valence-corrected chi connectivity index (χ4v) is 3.08. The lowest BCUT2D eigenvalue weighted by atomic mass is 9.77. The summed E-state index contributed by atoms with van der Waals surface area (Å²) in [6, 6.07) is 3.29. The van der Waals surface area contributed by atoms with Gasteiger partial charge in [0.15, 0.2) is 0 Å². The van der Waals surface area contributed by atoms with Gasteiger partial charge in [0, 0.05) is 16.7 Å². The lowest BCUT2D eigenvalue weighted by Gasteiger charge is -2.24. The first-order valence-corrected chi connectivity index (χ1v) is 7.70. The normalized spacial score (nSPS) is 20.0. The molecule has 0 N–H and O–H groups in total. The average molecular weight is 338 g/mol. The molecule has 0 amide bonds. The Labute approximate surface area is 138 Å². The van der Waals surface area contributed by atoms with Crippen LogP contribution in [-0.4, -0.2) is 15.7 Å². The Hall–Kier alpha value is -1.52. The van der Waals surface area contributed by atoms with Crippen LogP contribution in [-0.2, 0) is 5.41 Å². The third-order valence-electron chi connectivity index (χ3n) is 4.43. The number of fused-ring (bicyclic) bond motifs is 1. The zero-order valence-corrected chi connectivity index (χ0v) is 13.9. The van der Waals surface area contributed by atoms with E-state index < -0.39 is 0 Å². The average Bonchev–Trinajstić information content (AvgIpc) is 2.75. The fraction of sp³-hybridized carbons (Fsp3) is 0.312. The number of nitrogens with zero attached hydrogens (tertiary/aromatic N) is 3. The molecular formula is C16H14Cl2FN3. The van der Waals surface area contributed by atoms with Gasteiger partial charge in [-0.1, -0.05) is 25.4 Å². The molecule has 1 aromatic heterocycles. The van der Waals surface area contributed by atoms with Gasteiger partial charge in [-0.3, -0.25) is 4.99 Å². The first kappa shape index (κ1) is 15.4. The number of aliphatic imine (C=N–C) groups is 1. The number of rotatable bonds is 2. The van der Waals surface area contributed by atoms with Crippen LogP contribution in [0.4, 0.5) is 10.1 Å². The van der Waals surface area contributed by atoms with Crippen LogP contribution in [0.1, 0.15) is 32.8 Å². The summed E-state index contributed by atoms with van der Waals surface area (Å²) in [6.45, 7) is 6.06. The molecule has 22 heavy (non-hydrogen) atoms. The molecule has 1 aliphatic rings. The number of halogens is 3. The second kappa shape index (κ2) is 5.28. The Morgan fingerprint density at radius 3 is 2.68 bits per heavy atom. The van der Waals surface area contributed by atoms with E-state index in [2.05, 4.69) is 28.8 Å². The lowest BCUT2D eigenvalue weighted by Crippen LogP contribution is -2.26. The summed E-state index contributed by atoms with van der Waals surface area (Å²) in [5, 5.41) is 0.406. The van der Waals surface area contributed by atoms with E-state index in [1.54, 1.807) is 0 Å². The van der Waals surface area contributed by atoms with Crippen molar-refractivity contribution in [2.24, 2.45) is 4.99 Å². The van der Waals surface area contributed by atoms with E-state index in [1.807, 2.05) is 13.0 Å². The van der Waals surface area contributed by atoms with Gasteiger partial charge in [-0.25, -0.2) is 14.4 Å². The molecule has 0 saturated heterocycles. The van der Waals surface area contributed by atoms with Gasteiger partial charge in [0.05, 0.1) is 16.9 Å². The van der Waals surface area contributed by atoms with Gasteiger partial charge in [0.25, 0.3) is 0 Å². The highest BCUT2D eigenvalue weighted by atomic mass is 35.5.